The molecular formula is C16H22O5. The van der Waals surface area contributed by atoms with Crippen LogP contribution in [-0.4, -0.2) is 48.7 Å². The Morgan fingerprint density at radius 3 is 2.52 bits per heavy atom. The molecule has 2 heterocycles. The van der Waals surface area contributed by atoms with E-state index in [0.717, 1.165) is 5.56 Å². The maximum atomic E-state index is 10.5. The Hall–Kier alpha value is -0.980. The van der Waals surface area contributed by atoms with Crippen molar-refractivity contribution in [3.63, 3.8) is 0 Å². The van der Waals surface area contributed by atoms with E-state index in [2.05, 4.69) is 0 Å². The smallest absolute Gasteiger partial charge is 0.186 e. The number of aliphatic hydroxyl groups excluding tert-OH is 1. The van der Waals surface area contributed by atoms with E-state index in [-0.39, 0.29) is 12.2 Å². The van der Waals surface area contributed by atoms with Gasteiger partial charge in [0.1, 0.15) is 18.3 Å². The zero-order valence-electron chi connectivity index (χ0n) is 12.6. The van der Waals surface area contributed by atoms with Crippen molar-refractivity contribution in [2.45, 2.75) is 56.8 Å². The number of rotatable bonds is 4. The maximum Gasteiger partial charge on any atom is 0.186 e. The molecule has 1 N–H and O–H groups in total. The van der Waals surface area contributed by atoms with Crippen molar-refractivity contribution in [3.05, 3.63) is 35.9 Å². The van der Waals surface area contributed by atoms with Gasteiger partial charge in [-0.05, 0) is 19.4 Å². The van der Waals surface area contributed by atoms with Gasteiger partial charge >= 0.3 is 0 Å². The van der Waals surface area contributed by atoms with Crippen LogP contribution in [0.15, 0.2) is 30.3 Å². The van der Waals surface area contributed by atoms with Crippen LogP contribution >= 0.6 is 0 Å². The van der Waals surface area contributed by atoms with E-state index in [1.165, 1.54) is 0 Å². The first-order valence-electron chi connectivity index (χ1n) is 7.26. The molecule has 2 saturated heterocycles. The molecule has 0 amide bonds. The summed E-state index contributed by atoms with van der Waals surface area (Å²) in [7, 11) is 1.57. The fourth-order valence-corrected chi connectivity index (χ4v) is 3.06. The average molecular weight is 294 g/mol. The fraction of sp³-hybridized carbons (Fsp3) is 0.625. The Bertz CT molecular complexity index is 475. The number of methoxy groups -OCH3 is 1. The molecule has 0 aliphatic carbocycles. The Morgan fingerprint density at radius 2 is 1.86 bits per heavy atom. The van der Waals surface area contributed by atoms with Crippen LogP contribution in [0.2, 0.25) is 0 Å². The van der Waals surface area contributed by atoms with Crippen LogP contribution in [0.1, 0.15) is 19.4 Å². The van der Waals surface area contributed by atoms with Crippen LogP contribution < -0.4 is 0 Å². The lowest BCUT2D eigenvalue weighted by molar-refractivity contribution is -0.236. The summed E-state index contributed by atoms with van der Waals surface area (Å²) in [5, 5.41) is 10.5. The zero-order valence-corrected chi connectivity index (χ0v) is 12.6. The number of benzene rings is 1. The molecule has 2 fully saturated rings. The summed E-state index contributed by atoms with van der Waals surface area (Å²) in [5.41, 5.74) is 1.06. The minimum absolute atomic E-state index is 0.305. The second kappa shape index (κ2) is 5.66. The second-order valence-electron chi connectivity index (χ2n) is 6.03. The molecule has 0 radical (unpaired) electrons. The lowest BCUT2D eigenvalue weighted by Gasteiger charge is -2.26. The number of fused-ring (bicyclic) bond motifs is 1. The summed E-state index contributed by atoms with van der Waals surface area (Å²) >= 11 is 0. The van der Waals surface area contributed by atoms with Crippen molar-refractivity contribution < 1.29 is 24.1 Å². The van der Waals surface area contributed by atoms with Gasteiger partial charge in [0, 0.05) is 13.5 Å². The topological polar surface area (TPSA) is 57.2 Å². The first kappa shape index (κ1) is 14.9. The first-order chi connectivity index (χ1) is 10.00. The quantitative estimate of drug-likeness (QED) is 0.911. The molecule has 2 aliphatic heterocycles. The normalized spacial score (nSPS) is 35.6. The van der Waals surface area contributed by atoms with Crippen LogP contribution in [0.5, 0.6) is 0 Å². The van der Waals surface area contributed by atoms with E-state index >= 15 is 0 Å². The molecule has 0 spiro atoms. The third kappa shape index (κ3) is 2.98. The second-order valence-corrected chi connectivity index (χ2v) is 6.03. The Morgan fingerprint density at radius 1 is 1.19 bits per heavy atom. The molecule has 5 heteroatoms. The van der Waals surface area contributed by atoms with Crippen LogP contribution in [0.25, 0.3) is 0 Å². The van der Waals surface area contributed by atoms with Crippen LogP contribution in [-0.2, 0) is 25.4 Å². The van der Waals surface area contributed by atoms with Crippen molar-refractivity contribution in [2.24, 2.45) is 0 Å². The lowest BCUT2D eigenvalue weighted by atomic mass is 9.99. The molecule has 1 aromatic rings. The molecule has 5 atom stereocenters. The molecule has 0 aromatic heterocycles. The molecule has 2 aliphatic rings. The predicted molar refractivity (Wildman–Crippen MR) is 75.6 cm³/mol. The fourth-order valence-electron chi connectivity index (χ4n) is 3.06. The van der Waals surface area contributed by atoms with Gasteiger partial charge in [-0.1, -0.05) is 30.3 Å². The summed E-state index contributed by atoms with van der Waals surface area (Å²) < 4.78 is 22.8. The monoisotopic (exact) mass is 294 g/mol. The summed E-state index contributed by atoms with van der Waals surface area (Å²) in [6.45, 7) is 3.72. The lowest BCUT2D eigenvalue weighted by Crippen LogP contribution is -2.39. The van der Waals surface area contributed by atoms with Crippen molar-refractivity contribution in [2.75, 3.05) is 7.11 Å². The van der Waals surface area contributed by atoms with E-state index in [0.29, 0.717) is 6.42 Å². The van der Waals surface area contributed by atoms with E-state index in [4.69, 9.17) is 18.9 Å². The highest BCUT2D eigenvalue weighted by atomic mass is 16.8. The Balaban J connectivity index is 1.72. The Labute approximate surface area is 124 Å². The number of hydrogen-bond acceptors (Lipinski definition) is 5. The molecule has 21 heavy (non-hydrogen) atoms. The average Bonchev–Trinajstić information content (AvgIpc) is 2.92. The molecule has 1 aromatic carbocycles. The van der Waals surface area contributed by atoms with E-state index in [1.54, 1.807) is 7.11 Å². The van der Waals surface area contributed by atoms with Gasteiger partial charge in [0.25, 0.3) is 0 Å². The van der Waals surface area contributed by atoms with Gasteiger partial charge in [-0.15, -0.1) is 0 Å². The molecule has 0 bridgehead atoms. The largest absolute Gasteiger partial charge is 0.390 e. The Kier molecular flexibility index (Phi) is 4.03. The summed E-state index contributed by atoms with van der Waals surface area (Å²) in [6, 6.07) is 9.83. The van der Waals surface area contributed by atoms with Gasteiger partial charge in [-0.25, -0.2) is 0 Å². The maximum absolute atomic E-state index is 10.5. The molecule has 5 nitrogen and oxygen atoms in total. The van der Waals surface area contributed by atoms with E-state index in [9.17, 15) is 5.11 Å². The van der Waals surface area contributed by atoms with Gasteiger partial charge in [-0.2, -0.15) is 0 Å². The van der Waals surface area contributed by atoms with Crippen molar-refractivity contribution >= 4 is 0 Å². The highest BCUT2D eigenvalue weighted by molar-refractivity contribution is 5.16. The highest BCUT2D eigenvalue weighted by Crippen LogP contribution is 2.40. The first-order valence-corrected chi connectivity index (χ1v) is 7.26. The number of ether oxygens (including phenoxy) is 4. The third-order valence-corrected chi connectivity index (χ3v) is 3.95. The number of hydrogen-bond donors (Lipinski definition) is 1. The van der Waals surface area contributed by atoms with E-state index in [1.807, 2.05) is 44.2 Å². The van der Waals surface area contributed by atoms with Crippen LogP contribution in [0, 0.1) is 0 Å². The van der Waals surface area contributed by atoms with Crippen LogP contribution in [0.4, 0.5) is 0 Å². The molecule has 0 unspecified atom stereocenters. The summed E-state index contributed by atoms with van der Waals surface area (Å²) in [5.74, 6) is -0.680. The number of aliphatic hydroxyl groups is 1. The minimum Gasteiger partial charge on any atom is -0.390 e. The van der Waals surface area contributed by atoms with Crippen LogP contribution in [0.3, 0.4) is 0 Å². The molecule has 116 valence electrons. The van der Waals surface area contributed by atoms with Gasteiger partial charge in [0.15, 0.2) is 12.1 Å². The minimum atomic E-state index is -0.680. The van der Waals surface area contributed by atoms with Gasteiger partial charge in [-0.3, -0.25) is 0 Å². The summed E-state index contributed by atoms with van der Waals surface area (Å²) in [6.07, 6.45) is -1.75. The highest BCUT2D eigenvalue weighted by Gasteiger charge is 2.57. The predicted octanol–water partition coefficient (Wildman–Crippen LogP) is 1.48. The molecular weight excluding hydrogens is 272 g/mol. The van der Waals surface area contributed by atoms with Gasteiger partial charge in [0.05, 0.1) is 6.10 Å². The summed E-state index contributed by atoms with van der Waals surface area (Å²) in [4.78, 5) is 0. The standard InChI is InChI=1S/C16H22O5/c1-16(2)20-13-12(19-15(18-3)14(13)21-16)11(17)9-10-7-5-4-6-8-10/h4-8,11-15,17H,9H2,1-3H3/t11-,12+,13-,14-,15-/m0/s1. The van der Waals surface area contributed by atoms with Gasteiger partial charge < -0.3 is 24.1 Å². The van der Waals surface area contributed by atoms with E-state index < -0.39 is 24.3 Å². The SMILES string of the molecule is CO[C@H]1O[C@H]([C@@H](O)Cc2ccccc2)[C@@H]2OC(C)(C)O[C@H]12. The van der Waals surface area contributed by atoms with Crippen molar-refractivity contribution in [1.82, 2.24) is 0 Å². The third-order valence-electron chi connectivity index (χ3n) is 3.95. The zero-order chi connectivity index (χ0) is 15.0. The van der Waals surface area contributed by atoms with Crippen molar-refractivity contribution in [1.29, 1.82) is 0 Å². The molecule has 0 saturated carbocycles. The van der Waals surface area contributed by atoms with Gasteiger partial charge in [0.2, 0.25) is 0 Å². The van der Waals surface area contributed by atoms with Crippen molar-refractivity contribution in [3.8, 4) is 0 Å². The molecule has 3 rings (SSSR count).